The minimum absolute atomic E-state index is 0.0872. The van der Waals surface area contributed by atoms with Crippen molar-refractivity contribution in [2.45, 2.75) is 64.1 Å². The molecule has 0 bridgehead atoms. The maximum absolute atomic E-state index is 10.3. The van der Waals surface area contributed by atoms with Crippen LogP contribution in [0.15, 0.2) is 0 Å². The summed E-state index contributed by atoms with van der Waals surface area (Å²) in [7, 11) is 0. The highest BCUT2D eigenvalue weighted by Gasteiger charge is 2.31. The molecule has 0 saturated heterocycles. The van der Waals surface area contributed by atoms with E-state index in [9.17, 15) is 4.79 Å². The third-order valence-electron chi connectivity index (χ3n) is 2.47. The highest BCUT2D eigenvalue weighted by Crippen LogP contribution is 2.14. The predicted octanol–water partition coefficient (Wildman–Crippen LogP) is 1.89. The van der Waals surface area contributed by atoms with Crippen molar-refractivity contribution in [3.05, 3.63) is 0 Å². The van der Waals surface area contributed by atoms with Crippen LogP contribution in [0.4, 0.5) is 0 Å². The molecule has 3 N–H and O–H groups in total. The van der Waals surface area contributed by atoms with Crippen LogP contribution in [0.25, 0.3) is 0 Å². The highest BCUT2D eigenvalue weighted by molar-refractivity contribution is 5.74. The molecule has 0 atom stereocenters. The first-order valence-electron chi connectivity index (χ1n) is 5.69. The molecule has 0 aliphatic rings. The molecule has 0 unspecified atom stereocenters. The molecule has 0 rings (SSSR count). The summed E-state index contributed by atoms with van der Waals surface area (Å²) in [5, 5.41) is 26.4. The van der Waals surface area contributed by atoms with E-state index in [1.54, 1.807) is 0 Å². The molecule has 0 heterocycles. The molecular weight excluding hydrogens is 196 g/mol. The van der Waals surface area contributed by atoms with Crippen molar-refractivity contribution in [1.29, 1.82) is 0 Å². The van der Waals surface area contributed by atoms with Gasteiger partial charge in [0.2, 0.25) is 0 Å². The molecule has 0 spiro atoms. The molecule has 0 aliphatic heterocycles. The Bertz CT molecular complexity index is 177. The minimum Gasteiger partial charge on any atom is -0.477 e. The van der Waals surface area contributed by atoms with Crippen LogP contribution in [0.1, 0.15) is 58.3 Å². The first kappa shape index (κ1) is 14.4. The Morgan fingerprint density at radius 1 is 1.00 bits per heavy atom. The number of hydrogen-bond donors (Lipinski definition) is 3. The van der Waals surface area contributed by atoms with Crippen LogP contribution >= 0.6 is 0 Å². The van der Waals surface area contributed by atoms with Gasteiger partial charge in [-0.3, -0.25) is 0 Å². The number of hydrogen-bond acceptors (Lipinski definition) is 3. The van der Waals surface area contributed by atoms with E-state index in [2.05, 4.69) is 6.92 Å². The lowest BCUT2D eigenvalue weighted by atomic mass is 10.0. The molecule has 0 aromatic carbocycles. The molecule has 15 heavy (non-hydrogen) atoms. The lowest BCUT2D eigenvalue weighted by Gasteiger charge is -2.15. The normalized spacial score (nSPS) is 11.7. The number of aliphatic hydroxyl groups is 2. The van der Waals surface area contributed by atoms with Crippen LogP contribution in [-0.2, 0) is 4.79 Å². The van der Waals surface area contributed by atoms with Gasteiger partial charge >= 0.3 is 5.97 Å². The maximum Gasteiger partial charge on any atom is 0.364 e. The van der Waals surface area contributed by atoms with E-state index >= 15 is 0 Å². The zero-order valence-electron chi connectivity index (χ0n) is 9.41. The van der Waals surface area contributed by atoms with Gasteiger partial charge in [-0.2, -0.15) is 0 Å². The second-order valence-corrected chi connectivity index (χ2v) is 3.99. The number of aliphatic carboxylic acids is 1. The van der Waals surface area contributed by atoms with Gasteiger partial charge in [-0.15, -0.1) is 0 Å². The largest absolute Gasteiger partial charge is 0.477 e. The van der Waals surface area contributed by atoms with Crippen molar-refractivity contribution in [3.8, 4) is 0 Å². The molecule has 0 amide bonds. The number of carboxylic acids is 1. The van der Waals surface area contributed by atoms with Gasteiger partial charge in [-0.1, -0.05) is 45.4 Å². The Morgan fingerprint density at radius 3 is 1.93 bits per heavy atom. The average Bonchev–Trinajstić information content (AvgIpc) is 2.16. The summed E-state index contributed by atoms with van der Waals surface area (Å²) in [5.41, 5.74) is 0. The lowest BCUT2D eigenvalue weighted by molar-refractivity contribution is -0.205. The van der Waals surface area contributed by atoms with Gasteiger partial charge < -0.3 is 15.3 Å². The van der Waals surface area contributed by atoms with Gasteiger partial charge in [0.05, 0.1) is 0 Å². The van der Waals surface area contributed by atoms with Crippen LogP contribution < -0.4 is 0 Å². The summed E-state index contributed by atoms with van der Waals surface area (Å²) in [6.07, 6.45) is 7.15. The molecular formula is C11H22O4. The molecule has 0 radical (unpaired) electrons. The van der Waals surface area contributed by atoms with Gasteiger partial charge in [-0.25, -0.2) is 4.79 Å². The van der Waals surface area contributed by atoms with E-state index in [0.717, 1.165) is 19.3 Å². The Hall–Kier alpha value is -0.610. The third kappa shape index (κ3) is 7.33. The van der Waals surface area contributed by atoms with Gasteiger partial charge in [-0.05, 0) is 6.42 Å². The van der Waals surface area contributed by atoms with Gasteiger partial charge in [0.25, 0.3) is 5.79 Å². The van der Waals surface area contributed by atoms with Gasteiger partial charge in [0.1, 0.15) is 0 Å². The lowest BCUT2D eigenvalue weighted by Crippen LogP contribution is -2.37. The van der Waals surface area contributed by atoms with Crippen molar-refractivity contribution >= 4 is 5.97 Å². The predicted molar refractivity (Wildman–Crippen MR) is 57.4 cm³/mol. The van der Waals surface area contributed by atoms with E-state index in [1.165, 1.54) is 19.3 Å². The SMILES string of the molecule is CCCCCCCCCC(O)(O)C(=O)O. The molecule has 0 aliphatic carbocycles. The summed E-state index contributed by atoms with van der Waals surface area (Å²) in [6, 6.07) is 0. The fourth-order valence-corrected chi connectivity index (χ4v) is 1.44. The highest BCUT2D eigenvalue weighted by atomic mass is 16.5. The maximum atomic E-state index is 10.3. The van der Waals surface area contributed by atoms with E-state index in [1.807, 2.05) is 0 Å². The van der Waals surface area contributed by atoms with Crippen LogP contribution in [0.2, 0.25) is 0 Å². The Kier molecular flexibility index (Phi) is 7.34. The van der Waals surface area contributed by atoms with Crippen molar-refractivity contribution in [2.24, 2.45) is 0 Å². The summed E-state index contributed by atoms with van der Waals surface area (Å²) in [5.74, 6) is -4.10. The first-order valence-corrected chi connectivity index (χ1v) is 5.69. The average molecular weight is 218 g/mol. The molecule has 0 aromatic heterocycles. The molecule has 0 saturated carbocycles. The van der Waals surface area contributed by atoms with Crippen molar-refractivity contribution in [1.82, 2.24) is 0 Å². The summed E-state index contributed by atoms with van der Waals surface area (Å²) >= 11 is 0. The zero-order chi connectivity index (χ0) is 11.7. The van der Waals surface area contributed by atoms with Crippen molar-refractivity contribution in [3.63, 3.8) is 0 Å². The van der Waals surface area contributed by atoms with E-state index in [-0.39, 0.29) is 6.42 Å². The van der Waals surface area contributed by atoms with Gasteiger partial charge in [0.15, 0.2) is 0 Å². The Balaban J connectivity index is 3.35. The Labute approximate surface area is 90.9 Å². The smallest absolute Gasteiger partial charge is 0.364 e. The molecule has 90 valence electrons. The third-order valence-corrected chi connectivity index (χ3v) is 2.47. The van der Waals surface area contributed by atoms with Crippen LogP contribution in [0.5, 0.6) is 0 Å². The Morgan fingerprint density at radius 2 is 1.47 bits per heavy atom. The fourth-order valence-electron chi connectivity index (χ4n) is 1.44. The number of carboxylic acid groups (broad SMARTS) is 1. The molecule has 0 fully saturated rings. The fraction of sp³-hybridized carbons (Fsp3) is 0.909. The van der Waals surface area contributed by atoms with E-state index < -0.39 is 11.8 Å². The number of rotatable bonds is 9. The van der Waals surface area contributed by atoms with E-state index in [4.69, 9.17) is 15.3 Å². The second-order valence-electron chi connectivity index (χ2n) is 3.99. The minimum atomic E-state index is -2.54. The molecule has 0 aromatic rings. The quantitative estimate of drug-likeness (QED) is 0.408. The topological polar surface area (TPSA) is 77.8 Å². The van der Waals surface area contributed by atoms with Crippen molar-refractivity contribution < 1.29 is 20.1 Å². The van der Waals surface area contributed by atoms with Crippen molar-refractivity contribution in [2.75, 3.05) is 0 Å². The molecule has 4 nitrogen and oxygen atoms in total. The van der Waals surface area contributed by atoms with Gasteiger partial charge in [0, 0.05) is 6.42 Å². The first-order chi connectivity index (χ1) is 7.00. The van der Waals surface area contributed by atoms with Crippen LogP contribution in [-0.4, -0.2) is 27.1 Å². The number of unbranched alkanes of at least 4 members (excludes halogenated alkanes) is 6. The summed E-state index contributed by atoms with van der Waals surface area (Å²) < 4.78 is 0. The monoisotopic (exact) mass is 218 g/mol. The van der Waals surface area contributed by atoms with Crippen LogP contribution in [0, 0.1) is 0 Å². The molecule has 4 heteroatoms. The zero-order valence-corrected chi connectivity index (χ0v) is 9.41. The van der Waals surface area contributed by atoms with E-state index in [0.29, 0.717) is 6.42 Å². The second kappa shape index (κ2) is 7.65. The summed E-state index contributed by atoms with van der Waals surface area (Å²) in [6.45, 7) is 2.15. The number of carbonyl (C=O) groups is 1. The van der Waals surface area contributed by atoms with Crippen LogP contribution in [0.3, 0.4) is 0 Å². The standard InChI is InChI=1S/C11H22O4/c1-2-3-4-5-6-7-8-9-11(14,15)10(12)13/h14-15H,2-9H2,1H3,(H,12,13). The summed E-state index contributed by atoms with van der Waals surface area (Å²) in [4.78, 5) is 10.3.